The van der Waals surface area contributed by atoms with E-state index in [1.807, 2.05) is 82.2 Å². The zero-order chi connectivity index (χ0) is 23.3. The van der Waals surface area contributed by atoms with Gasteiger partial charge in [0.05, 0.1) is 17.5 Å². The average Bonchev–Trinajstić information content (AvgIpc) is 3.65. The Balaban J connectivity index is 0.000000431. The minimum Gasteiger partial charge on any atom is -0.347 e. The van der Waals surface area contributed by atoms with Gasteiger partial charge in [-0.25, -0.2) is 0 Å². The molecule has 2 bridgehead atoms. The van der Waals surface area contributed by atoms with E-state index < -0.39 is 0 Å². The van der Waals surface area contributed by atoms with Gasteiger partial charge in [-0.1, -0.05) is 24.3 Å². The van der Waals surface area contributed by atoms with Crippen LogP contribution in [0.1, 0.15) is 24.4 Å². The number of benzene rings is 1. The number of pyridine rings is 1. The van der Waals surface area contributed by atoms with Crippen molar-refractivity contribution >= 4 is 16.8 Å². The van der Waals surface area contributed by atoms with Crippen LogP contribution in [0.2, 0.25) is 0 Å². The molecule has 1 amide bonds. The Morgan fingerprint density at radius 1 is 1.06 bits per heavy atom. The Morgan fingerprint density at radius 3 is 2.43 bits per heavy atom. The van der Waals surface area contributed by atoms with Gasteiger partial charge in [-0.2, -0.15) is 0 Å². The van der Waals surface area contributed by atoms with Crippen LogP contribution in [0.4, 0.5) is 0 Å². The van der Waals surface area contributed by atoms with Gasteiger partial charge >= 0.3 is 17.1 Å². The van der Waals surface area contributed by atoms with E-state index in [-0.39, 0.29) is 35.1 Å². The molecular formula is C30H31FeN3O+2. The van der Waals surface area contributed by atoms with E-state index in [2.05, 4.69) is 40.0 Å². The Morgan fingerprint density at radius 2 is 1.77 bits per heavy atom. The van der Waals surface area contributed by atoms with E-state index in [1.54, 1.807) is 0 Å². The van der Waals surface area contributed by atoms with Gasteiger partial charge in [0.25, 0.3) is 0 Å². The predicted molar refractivity (Wildman–Crippen MR) is 136 cm³/mol. The summed E-state index contributed by atoms with van der Waals surface area (Å²) in [6, 6.07) is 10.5. The fourth-order valence-electron chi connectivity index (χ4n) is 5.56. The number of amides is 1. The first-order valence-electron chi connectivity index (χ1n) is 12.1. The molecule has 1 unspecified atom stereocenters. The van der Waals surface area contributed by atoms with Crippen LogP contribution in [-0.2, 0) is 21.9 Å². The number of para-hydroxylation sites is 1. The molecule has 1 N–H and O–H groups in total. The van der Waals surface area contributed by atoms with Crippen molar-refractivity contribution < 1.29 is 21.9 Å². The van der Waals surface area contributed by atoms with Crippen molar-refractivity contribution in [3.8, 4) is 0 Å². The van der Waals surface area contributed by atoms with Gasteiger partial charge in [-0.3, -0.25) is 14.7 Å². The summed E-state index contributed by atoms with van der Waals surface area (Å²) in [6.45, 7) is 6.17. The van der Waals surface area contributed by atoms with Crippen LogP contribution in [0.25, 0.3) is 10.9 Å². The number of fused-ring (bicyclic) bond motifs is 4. The van der Waals surface area contributed by atoms with E-state index in [9.17, 15) is 4.79 Å². The van der Waals surface area contributed by atoms with Crippen molar-refractivity contribution in [2.45, 2.75) is 24.9 Å². The van der Waals surface area contributed by atoms with Gasteiger partial charge < -0.3 is 5.32 Å². The number of hydrogen-bond donors (Lipinski definition) is 1. The van der Waals surface area contributed by atoms with Crippen molar-refractivity contribution in [3.05, 3.63) is 118 Å². The van der Waals surface area contributed by atoms with Crippen molar-refractivity contribution in [3.63, 3.8) is 0 Å². The van der Waals surface area contributed by atoms with Crippen molar-refractivity contribution in [1.82, 2.24) is 15.2 Å². The summed E-state index contributed by atoms with van der Waals surface area (Å²) in [4.78, 5) is 20.1. The number of nitrogens with zero attached hydrogens (tertiary/aromatic N) is 2. The van der Waals surface area contributed by atoms with Crippen LogP contribution in [0, 0.1) is 75.5 Å². The van der Waals surface area contributed by atoms with Gasteiger partial charge in [0, 0.05) is 24.2 Å². The summed E-state index contributed by atoms with van der Waals surface area (Å²) in [5.74, 6) is 1.91. The number of carbonyl (C=O) groups excluding carboxylic acids is 1. The minimum absolute atomic E-state index is 0. The second-order valence-corrected chi connectivity index (χ2v) is 9.25. The van der Waals surface area contributed by atoms with Gasteiger partial charge in [-0.05, 0) is 107 Å². The molecule has 10 radical (unpaired) electrons. The molecule has 4 heterocycles. The monoisotopic (exact) mass is 505 g/mol. The molecule has 5 heteroatoms. The molecule has 5 aliphatic rings. The Hall–Kier alpha value is -1.68. The standard InChI is InChI=1S/C25H26N3O.C5H5.Fe/c1-2-17-16-28-14-12-19(17)15-23(28)24(27-25(29)18-7-3-4-8-18)21-11-13-26-22-10-6-5-9-20(21)22;1-2-4-5-3-1;/h2-11,13,17,19,23-24H,1,12,14-16H2,(H,27,29);1-5H;/q;;+2/t17-,19-,23+,24+;;/m0../s1. The summed E-state index contributed by atoms with van der Waals surface area (Å²) in [7, 11) is 0. The molecule has 35 heavy (non-hydrogen) atoms. The SMILES string of the molecule is C=C[C@H]1CN2CC[C@H]1C[C@@H]2[C@H](NC(=O)[C]1[CH][CH][CH][CH]1)c1ccnc2ccccc12.[CH]1[CH][CH][CH][CH]1.[Fe+2]. The average molecular weight is 505 g/mol. The molecule has 2 saturated carbocycles. The van der Waals surface area contributed by atoms with Gasteiger partial charge in [0.1, 0.15) is 0 Å². The van der Waals surface area contributed by atoms with Gasteiger partial charge in [0.15, 0.2) is 0 Å². The first-order valence-corrected chi connectivity index (χ1v) is 12.1. The van der Waals surface area contributed by atoms with Gasteiger partial charge in [-0.15, -0.1) is 6.58 Å². The third kappa shape index (κ3) is 6.01. The fourth-order valence-corrected chi connectivity index (χ4v) is 5.56. The second-order valence-electron chi connectivity index (χ2n) is 9.25. The molecule has 3 aliphatic heterocycles. The quantitative estimate of drug-likeness (QED) is 0.473. The molecule has 5 fully saturated rings. The zero-order valence-corrected chi connectivity index (χ0v) is 20.8. The largest absolute Gasteiger partial charge is 2.00 e. The Bertz CT molecular complexity index is 972. The van der Waals surface area contributed by atoms with Crippen LogP contribution in [-0.4, -0.2) is 34.9 Å². The molecule has 2 aliphatic carbocycles. The number of nitrogens with one attached hydrogen (secondary N) is 1. The van der Waals surface area contributed by atoms with E-state index in [1.165, 1.54) is 6.42 Å². The van der Waals surface area contributed by atoms with Crippen LogP contribution < -0.4 is 5.32 Å². The molecule has 0 spiro atoms. The third-order valence-corrected chi connectivity index (χ3v) is 7.32. The maximum Gasteiger partial charge on any atom is 2.00 e. The molecule has 2 aromatic rings. The van der Waals surface area contributed by atoms with Crippen LogP contribution >= 0.6 is 0 Å². The van der Waals surface area contributed by atoms with Gasteiger partial charge in [0.2, 0.25) is 5.91 Å². The minimum atomic E-state index is -0.0705. The first kappa shape index (κ1) is 26.4. The van der Waals surface area contributed by atoms with Crippen LogP contribution in [0.5, 0.6) is 0 Å². The topological polar surface area (TPSA) is 45.2 Å². The fraction of sp³-hybridized carbons (Fsp3) is 0.267. The third-order valence-electron chi connectivity index (χ3n) is 7.32. The summed E-state index contributed by atoms with van der Waals surface area (Å²) >= 11 is 0. The number of carbonyl (C=O) groups is 1. The molecule has 178 valence electrons. The maximum atomic E-state index is 13.0. The predicted octanol–water partition coefficient (Wildman–Crippen LogP) is 4.71. The molecule has 5 atom stereocenters. The number of hydrogen-bond acceptors (Lipinski definition) is 3. The Labute approximate surface area is 221 Å². The van der Waals surface area contributed by atoms with E-state index in [0.29, 0.717) is 17.8 Å². The summed E-state index contributed by atoms with van der Waals surface area (Å²) in [5, 5.41) is 4.50. The van der Waals surface area contributed by atoms with Crippen molar-refractivity contribution in [2.24, 2.45) is 11.8 Å². The molecule has 1 aromatic carbocycles. The number of rotatable bonds is 5. The zero-order valence-electron chi connectivity index (χ0n) is 19.7. The number of piperidine rings is 3. The maximum absolute atomic E-state index is 13.0. The summed E-state index contributed by atoms with van der Waals surface area (Å²) < 4.78 is 0. The smallest absolute Gasteiger partial charge is 0.347 e. The molecule has 4 nitrogen and oxygen atoms in total. The van der Waals surface area contributed by atoms with Crippen LogP contribution in [0.3, 0.4) is 0 Å². The van der Waals surface area contributed by atoms with Crippen LogP contribution in [0.15, 0.2) is 49.2 Å². The van der Waals surface area contributed by atoms with E-state index in [4.69, 9.17) is 0 Å². The normalized spacial score (nSPS) is 28.6. The molecule has 3 saturated heterocycles. The molecular weight excluding hydrogens is 474 g/mol. The second kappa shape index (κ2) is 12.5. The summed E-state index contributed by atoms with van der Waals surface area (Å²) in [5.41, 5.74) is 2.13. The van der Waals surface area contributed by atoms with Crippen molar-refractivity contribution in [2.75, 3.05) is 13.1 Å². The number of aromatic nitrogens is 1. The summed E-state index contributed by atoms with van der Waals surface area (Å²) in [6.07, 6.45) is 23.8. The first-order chi connectivity index (χ1) is 16.7. The van der Waals surface area contributed by atoms with E-state index in [0.717, 1.165) is 36.0 Å². The Kier molecular flexibility index (Phi) is 9.44. The van der Waals surface area contributed by atoms with E-state index >= 15 is 0 Å². The van der Waals surface area contributed by atoms with Crippen molar-refractivity contribution in [1.29, 1.82) is 0 Å². The molecule has 1 aromatic heterocycles. The molecule has 7 rings (SSSR count).